The summed E-state index contributed by atoms with van der Waals surface area (Å²) in [5, 5.41) is 0. The van der Waals surface area contributed by atoms with Crippen LogP contribution in [0.2, 0.25) is 0 Å². The molecule has 1 aromatic carbocycles. The summed E-state index contributed by atoms with van der Waals surface area (Å²) in [4.78, 5) is 0. The van der Waals surface area contributed by atoms with Crippen LogP contribution in [0.15, 0.2) is 30.8 Å². The van der Waals surface area contributed by atoms with Crippen LogP contribution in [0.25, 0.3) is 6.08 Å². The Labute approximate surface area is 68.6 Å². The van der Waals surface area contributed by atoms with Gasteiger partial charge in [0.2, 0.25) is 0 Å². The minimum absolute atomic E-state index is 1.18. The molecule has 0 fully saturated rings. The lowest BCUT2D eigenvalue weighted by molar-refractivity contribution is 0.922. The van der Waals surface area contributed by atoms with Crippen molar-refractivity contribution in [2.75, 3.05) is 0 Å². The van der Waals surface area contributed by atoms with E-state index in [0.717, 1.165) is 0 Å². The highest BCUT2D eigenvalue weighted by Gasteiger charge is 1.89. The van der Waals surface area contributed by atoms with Gasteiger partial charge in [0.1, 0.15) is 0 Å². The average molecular weight is 146 g/mol. The lowest BCUT2D eigenvalue weighted by atomic mass is 10.1. The van der Waals surface area contributed by atoms with Crippen molar-refractivity contribution < 1.29 is 0 Å². The van der Waals surface area contributed by atoms with E-state index in [1.165, 1.54) is 24.0 Å². The fraction of sp³-hybridized carbons (Fsp3) is 0.273. The summed E-state index contributed by atoms with van der Waals surface area (Å²) in [7, 11) is 0. The van der Waals surface area contributed by atoms with Crippen molar-refractivity contribution >= 4 is 6.08 Å². The van der Waals surface area contributed by atoms with Crippen LogP contribution in [0, 0.1) is 0 Å². The van der Waals surface area contributed by atoms with Gasteiger partial charge in [-0.3, -0.25) is 0 Å². The predicted molar refractivity (Wildman–Crippen MR) is 50.5 cm³/mol. The molecule has 0 aliphatic rings. The molecule has 0 spiro atoms. The van der Waals surface area contributed by atoms with Gasteiger partial charge in [-0.25, -0.2) is 0 Å². The van der Waals surface area contributed by atoms with Crippen LogP contribution in [-0.4, -0.2) is 0 Å². The quantitative estimate of drug-likeness (QED) is 0.614. The zero-order valence-corrected chi connectivity index (χ0v) is 7.01. The van der Waals surface area contributed by atoms with E-state index in [2.05, 4.69) is 37.8 Å². The van der Waals surface area contributed by atoms with E-state index in [4.69, 9.17) is 0 Å². The van der Waals surface area contributed by atoms with Crippen molar-refractivity contribution in [2.24, 2.45) is 0 Å². The zero-order valence-electron chi connectivity index (χ0n) is 7.01. The summed E-state index contributed by atoms with van der Waals surface area (Å²) >= 11 is 0. The summed E-state index contributed by atoms with van der Waals surface area (Å²) in [6.45, 7) is 5.90. The van der Waals surface area contributed by atoms with E-state index in [9.17, 15) is 0 Å². The molecule has 0 radical (unpaired) electrons. The first-order valence-electron chi connectivity index (χ1n) is 4.08. The molecule has 0 nitrogen and oxygen atoms in total. The monoisotopic (exact) mass is 146 g/mol. The van der Waals surface area contributed by atoms with Gasteiger partial charge in [0.15, 0.2) is 0 Å². The van der Waals surface area contributed by atoms with Crippen LogP contribution in [0.4, 0.5) is 0 Å². The molecule has 0 heteroatoms. The molecular formula is C11H14. The van der Waals surface area contributed by atoms with Gasteiger partial charge in [0.25, 0.3) is 0 Å². The van der Waals surface area contributed by atoms with E-state index in [-0.39, 0.29) is 0 Å². The fourth-order valence-corrected chi connectivity index (χ4v) is 1.11. The van der Waals surface area contributed by atoms with Crippen molar-refractivity contribution in [1.82, 2.24) is 0 Å². The zero-order chi connectivity index (χ0) is 8.10. The summed E-state index contributed by atoms with van der Waals surface area (Å²) in [6, 6.07) is 8.55. The summed E-state index contributed by atoms with van der Waals surface area (Å²) in [5.41, 5.74) is 2.61. The van der Waals surface area contributed by atoms with Gasteiger partial charge in [0.05, 0.1) is 0 Å². The molecule has 11 heavy (non-hydrogen) atoms. The molecule has 0 atom stereocenters. The van der Waals surface area contributed by atoms with Gasteiger partial charge in [-0.05, 0) is 17.5 Å². The Balaban J connectivity index is 2.74. The number of hydrogen-bond donors (Lipinski definition) is 0. The number of benzene rings is 1. The molecule has 0 N–H and O–H groups in total. The Bertz CT molecular complexity index is 218. The lowest BCUT2D eigenvalue weighted by Gasteiger charge is -1.97. The molecule has 0 aromatic heterocycles. The number of rotatable bonds is 3. The topological polar surface area (TPSA) is 0 Å². The molecule has 0 saturated heterocycles. The lowest BCUT2D eigenvalue weighted by Crippen LogP contribution is -1.81. The Morgan fingerprint density at radius 1 is 1.27 bits per heavy atom. The standard InChI is InChI=1S/C11H14/c1-3-5-11-8-6-10(4-2)7-9-11/h4,6-9H,2-3,5H2,1H3. The van der Waals surface area contributed by atoms with Crippen LogP contribution >= 0.6 is 0 Å². The normalized spacial score (nSPS) is 9.55. The second-order valence-corrected chi connectivity index (χ2v) is 2.70. The maximum Gasteiger partial charge on any atom is -0.0262 e. The number of aryl methyl sites for hydroxylation is 1. The summed E-state index contributed by atoms with van der Waals surface area (Å²) in [5.74, 6) is 0. The van der Waals surface area contributed by atoms with Crippen LogP contribution in [0.5, 0.6) is 0 Å². The molecule has 0 saturated carbocycles. The molecule has 0 unspecified atom stereocenters. The van der Waals surface area contributed by atoms with Crippen molar-refractivity contribution in [2.45, 2.75) is 19.8 Å². The second-order valence-electron chi connectivity index (χ2n) is 2.70. The smallest absolute Gasteiger partial charge is 0.0262 e. The van der Waals surface area contributed by atoms with Crippen LogP contribution < -0.4 is 0 Å². The third kappa shape index (κ3) is 2.23. The van der Waals surface area contributed by atoms with Crippen LogP contribution in [0.1, 0.15) is 24.5 Å². The molecule has 0 heterocycles. The van der Waals surface area contributed by atoms with Gasteiger partial charge < -0.3 is 0 Å². The first-order valence-corrected chi connectivity index (χ1v) is 4.08. The number of hydrogen-bond acceptors (Lipinski definition) is 0. The highest BCUT2D eigenvalue weighted by Crippen LogP contribution is 2.06. The van der Waals surface area contributed by atoms with Gasteiger partial charge in [-0.1, -0.05) is 50.3 Å². The Hall–Kier alpha value is -1.04. The van der Waals surface area contributed by atoms with Crippen molar-refractivity contribution in [3.8, 4) is 0 Å². The molecule has 0 amide bonds. The maximum absolute atomic E-state index is 3.71. The van der Waals surface area contributed by atoms with Crippen molar-refractivity contribution in [3.63, 3.8) is 0 Å². The van der Waals surface area contributed by atoms with Crippen LogP contribution in [-0.2, 0) is 6.42 Å². The fourth-order valence-electron chi connectivity index (χ4n) is 1.11. The van der Waals surface area contributed by atoms with Gasteiger partial charge >= 0.3 is 0 Å². The Morgan fingerprint density at radius 3 is 2.36 bits per heavy atom. The summed E-state index contributed by atoms with van der Waals surface area (Å²) < 4.78 is 0. The highest BCUT2D eigenvalue weighted by atomic mass is 13.9. The molecule has 1 rings (SSSR count). The van der Waals surface area contributed by atoms with Crippen molar-refractivity contribution in [3.05, 3.63) is 42.0 Å². The minimum Gasteiger partial charge on any atom is -0.0985 e. The third-order valence-corrected chi connectivity index (χ3v) is 1.75. The van der Waals surface area contributed by atoms with Crippen LogP contribution in [0.3, 0.4) is 0 Å². The second kappa shape index (κ2) is 3.97. The van der Waals surface area contributed by atoms with Gasteiger partial charge in [-0.15, -0.1) is 0 Å². The predicted octanol–water partition coefficient (Wildman–Crippen LogP) is 3.28. The highest BCUT2D eigenvalue weighted by molar-refractivity contribution is 5.47. The Morgan fingerprint density at radius 2 is 1.91 bits per heavy atom. The summed E-state index contributed by atoms with van der Waals surface area (Å²) in [6.07, 6.45) is 4.26. The first kappa shape index (κ1) is 8.06. The molecule has 0 aliphatic heterocycles. The van der Waals surface area contributed by atoms with E-state index >= 15 is 0 Å². The van der Waals surface area contributed by atoms with E-state index in [0.29, 0.717) is 0 Å². The van der Waals surface area contributed by atoms with E-state index in [1.54, 1.807) is 0 Å². The third-order valence-electron chi connectivity index (χ3n) is 1.75. The van der Waals surface area contributed by atoms with Gasteiger partial charge in [-0.2, -0.15) is 0 Å². The van der Waals surface area contributed by atoms with Crippen molar-refractivity contribution in [1.29, 1.82) is 0 Å². The Kier molecular flexibility index (Phi) is 2.91. The van der Waals surface area contributed by atoms with E-state index < -0.39 is 0 Å². The largest absolute Gasteiger partial charge is 0.0985 e. The maximum atomic E-state index is 3.71. The molecule has 0 aliphatic carbocycles. The SMILES string of the molecule is C=Cc1ccc(CCC)cc1. The van der Waals surface area contributed by atoms with E-state index in [1.807, 2.05) is 6.08 Å². The first-order chi connectivity index (χ1) is 5.36. The average Bonchev–Trinajstić information content (AvgIpc) is 2.07. The molecule has 1 aromatic rings. The minimum atomic E-state index is 1.18. The molecule has 58 valence electrons. The van der Waals surface area contributed by atoms with Gasteiger partial charge in [0, 0.05) is 0 Å². The molecule has 0 bridgehead atoms. The molecular weight excluding hydrogens is 132 g/mol.